The van der Waals surface area contributed by atoms with Crippen LogP contribution in [0.4, 0.5) is 4.39 Å². The highest BCUT2D eigenvalue weighted by molar-refractivity contribution is 7.89. The van der Waals surface area contributed by atoms with Crippen molar-refractivity contribution < 1.29 is 12.8 Å². The van der Waals surface area contributed by atoms with Crippen molar-refractivity contribution in [3.8, 4) is 0 Å². The summed E-state index contributed by atoms with van der Waals surface area (Å²) in [5.74, 6) is -0.461. The molecule has 0 aliphatic heterocycles. The summed E-state index contributed by atoms with van der Waals surface area (Å²) in [7, 11) is -3.54. The fraction of sp³-hybridized carbons (Fsp3) is 0.333. The van der Waals surface area contributed by atoms with E-state index in [1.54, 1.807) is 0 Å². The molecule has 6 heteroatoms. The van der Waals surface area contributed by atoms with Gasteiger partial charge in [-0.25, -0.2) is 17.5 Å². The topological polar surface area (TPSA) is 72.2 Å². The fourth-order valence-corrected chi connectivity index (χ4v) is 2.53. The van der Waals surface area contributed by atoms with Gasteiger partial charge >= 0.3 is 0 Å². The normalized spacial score (nSPS) is 25.2. The number of benzene rings is 1. The largest absolute Gasteiger partial charge is 0.326 e. The monoisotopic (exact) mass is 230 g/mol. The zero-order chi connectivity index (χ0) is 11.1. The molecule has 1 aliphatic carbocycles. The average molecular weight is 230 g/mol. The first kappa shape index (κ1) is 10.5. The maximum Gasteiger partial charge on any atom is 0.240 e. The highest BCUT2D eigenvalue weighted by atomic mass is 32.2. The Morgan fingerprint density at radius 3 is 2.33 bits per heavy atom. The summed E-state index contributed by atoms with van der Waals surface area (Å²) in [5.41, 5.74) is 5.49. The van der Waals surface area contributed by atoms with Crippen LogP contribution in [0.1, 0.15) is 6.42 Å². The number of nitrogens with one attached hydrogen (secondary N) is 1. The van der Waals surface area contributed by atoms with Crippen LogP contribution >= 0.6 is 0 Å². The number of nitrogens with two attached hydrogens (primary N) is 1. The lowest BCUT2D eigenvalue weighted by Gasteiger charge is -2.05. The smallest absolute Gasteiger partial charge is 0.240 e. The van der Waals surface area contributed by atoms with Gasteiger partial charge in [0.25, 0.3) is 0 Å². The molecule has 1 aliphatic rings. The number of hydrogen-bond donors (Lipinski definition) is 2. The van der Waals surface area contributed by atoms with E-state index in [9.17, 15) is 12.8 Å². The fourth-order valence-electron chi connectivity index (χ4n) is 1.23. The lowest BCUT2D eigenvalue weighted by atomic mass is 10.4. The van der Waals surface area contributed by atoms with Crippen molar-refractivity contribution in [3.05, 3.63) is 30.1 Å². The molecule has 0 radical (unpaired) electrons. The van der Waals surface area contributed by atoms with Gasteiger partial charge in [-0.2, -0.15) is 0 Å². The van der Waals surface area contributed by atoms with Crippen LogP contribution in [0.2, 0.25) is 0 Å². The van der Waals surface area contributed by atoms with Crippen LogP contribution < -0.4 is 10.5 Å². The molecule has 2 atom stereocenters. The van der Waals surface area contributed by atoms with Crippen molar-refractivity contribution in [2.75, 3.05) is 0 Å². The first-order valence-corrected chi connectivity index (χ1v) is 6.01. The molecular formula is C9H11FN2O2S. The second-order valence-electron chi connectivity index (χ2n) is 3.58. The molecule has 1 aromatic rings. The SMILES string of the molecule is NC1CC1NS(=O)(=O)c1ccc(F)cc1. The quantitative estimate of drug-likeness (QED) is 0.779. The number of sulfonamides is 1. The van der Waals surface area contributed by atoms with Crippen LogP contribution in [0.5, 0.6) is 0 Å². The second-order valence-corrected chi connectivity index (χ2v) is 5.30. The van der Waals surface area contributed by atoms with Crippen LogP contribution in [-0.4, -0.2) is 20.5 Å². The summed E-state index contributed by atoms with van der Waals surface area (Å²) in [6.45, 7) is 0. The number of hydrogen-bond acceptors (Lipinski definition) is 3. The van der Waals surface area contributed by atoms with Crippen LogP contribution in [0, 0.1) is 5.82 Å². The highest BCUT2D eigenvalue weighted by Gasteiger charge is 2.37. The molecule has 82 valence electrons. The Morgan fingerprint density at radius 1 is 1.33 bits per heavy atom. The third kappa shape index (κ3) is 2.34. The lowest BCUT2D eigenvalue weighted by molar-refractivity contribution is 0.579. The van der Waals surface area contributed by atoms with Gasteiger partial charge in [-0.1, -0.05) is 0 Å². The average Bonchev–Trinajstić information content (AvgIpc) is 2.81. The Kier molecular flexibility index (Phi) is 2.49. The molecule has 15 heavy (non-hydrogen) atoms. The van der Waals surface area contributed by atoms with E-state index in [1.807, 2.05) is 0 Å². The minimum atomic E-state index is -3.54. The lowest BCUT2D eigenvalue weighted by Crippen LogP contribution is -2.29. The van der Waals surface area contributed by atoms with Crippen LogP contribution in [0.15, 0.2) is 29.2 Å². The molecule has 0 heterocycles. The van der Waals surface area contributed by atoms with Gasteiger partial charge in [0.15, 0.2) is 0 Å². The minimum Gasteiger partial charge on any atom is -0.326 e. The standard InChI is InChI=1S/C9H11FN2O2S/c10-6-1-3-7(4-2-6)15(13,14)12-9-5-8(9)11/h1-4,8-9,12H,5,11H2. The van der Waals surface area contributed by atoms with Crippen LogP contribution in [-0.2, 0) is 10.0 Å². The van der Waals surface area contributed by atoms with Gasteiger partial charge in [0, 0.05) is 12.1 Å². The van der Waals surface area contributed by atoms with E-state index in [1.165, 1.54) is 12.1 Å². The van der Waals surface area contributed by atoms with E-state index in [2.05, 4.69) is 4.72 Å². The van der Waals surface area contributed by atoms with Gasteiger partial charge < -0.3 is 5.73 Å². The Bertz CT molecular complexity index is 458. The molecule has 1 aromatic carbocycles. The summed E-state index contributed by atoms with van der Waals surface area (Å²) in [4.78, 5) is 0.0583. The summed E-state index contributed by atoms with van der Waals surface area (Å²) in [6.07, 6.45) is 0.653. The zero-order valence-electron chi connectivity index (χ0n) is 7.85. The number of rotatable bonds is 3. The molecular weight excluding hydrogens is 219 g/mol. The maximum absolute atomic E-state index is 12.6. The Balaban J connectivity index is 2.18. The molecule has 0 saturated heterocycles. The van der Waals surface area contributed by atoms with Crippen molar-refractivity contribution in [1.82, 2.24) is 4.72 Å². The molecule has 3 N–H and O–H groups in total. The molecule has 2 rings (SSSR count). The Morgan fingerprint density at radius 2 is 1.87 bits per heavy atom. The third-order valence-corrected chi connectivity index (χ3v) is 3.78. The molecule has 0 aromatic heterocycles. The maximum atomic E-state index is 12.6. The predicted molar refractivity (Wildman–Crippen MR) is 53.1 cm³/mol. The van der Waals surface area contributed by atoms with Crippen molar-refractivity contribution in [2.24, 2.45) is 5.73 Å². The Hall–Kier alpha value is -0.980. The summed E-state index contributed by atoms with van der Waals surface area (Å²) >= 11 is 0. The highest BCUT2D eigenvalue weighted by Crippen LogP contribution is 2.21. The van der Waals surface area contributed by atoms with Crippen molar-refractivity contribution in [1.29, 1.82) is 0 Å². The molecule has 2 unspecified atom stereocenters. The van der Waals surface area contributed by atoms with E-state index in [0.29, 0.717) is 6.42 Å². The van der Waals surface area contributed by atoms with Gasteiger partial charge in [-0.15, -0.1) is 0 Å². The van der Waals surface area contributed by atoms with E-state index < -0.39 is 15.8 Å². The van der Waals surface area contributed by atoms with Gasteiger partial charge in [-0.3, -0.25) is 0 Å². The summed E-state index contributed by atoms with van der Waals surface area (Å²) in [6, 6.07) is 4.40. The van der Waals surface area contributed by atoms with Crippen LogP contribution in [0.25, 0.3) is 0 Å². The van der Waals surface area contributed by atoms with Gasteiger partial charge in [0.1, 0.15) is 5.82 Å². The molecule has 1 fully saturated rings. The predicted octanol–water partition coefficient (Wildman–Crippen LogP) is 0.204. The minimum absolute atomic E-state index is 0.0583. The summed E-state index contributed by atoms with van der Waals surface area (Å²) in [5, 5.41) is 0. The molecule has 0 amide bonds. The van der Waals surface area contributed by atoms with Crippen LogP contribution in [0.3, 0.4) is 0 Å². The van der Waals surface area contributed by atoms with Gasteiger partial charge in [0.05, 0.1) is 4.90 Å². The van der Waals surface area contributed by atoms with Crippen molar-refractivity contribution in [3.63, 3.8) is 0 Å². The van der Waals surface area contributed by atoms with Crippen molar-refractivity contribution in [2.45, 2.75) is 23.4 Å². The zero-order valence-corrected chi connectivity index (χ0v) is 8.67. The molecule has 0 spiro atoms. The van der Waals surface area contributed by atoms with Crippen molar-refractivity contribution >= 4 is 10.0 Å². The van der Waals surface area contributed by atoms with E-state index in [4.69, 9.17) is 5.73 Å². The van der Waals surface area contributed by atoms with E-state index in [-0.39, 0.29) is 17.0 Å². The molecule has 0 bridgehead atoms. The van der Waals surface area contributed by atoms with Gasteiger partial charge in [-0.05, 0) is 30.7 Å². The second kappa shape index (κ2) is 3.55. The Labute approximate surface area is 87.3 Å². The number of halogens is 1. The summed E-state index contributed by atoms with van der Waals surface area (Å²) < 4.78 is 38.3. The van der Waals surface area contributed by atoms with E-state index in [0.717, 1.165) is 12.1 Å². The first-order valence-electron chi connectivity index (χ1n) is 4.52. The van der Waals surface area contributed by atoms with Gasteiger partial charge in [0.2, 0.25) is 10.0 Å². The first-order chi connectivity index (χ1) is 6.99. The third-order valence-electron chi connectivity index (χ3n) is 2.27. The van der Waals surface area contributed by atoms with E-state index >= 15 is 0 Å². The molecule has 1 saturated carbocycles. The molecule has 4 nitrogen and oxygen atoms in total.